The number of alkyl halides is 3. The Bertz CT molecular complexity index is 699. The molecule has 0 aliphatic heterocycles. The number of fused-ring (bicyclic) bond motifs is 1. The van der Waals surface area contributed by atoms with Gasteiger partial charge < -0.3 is 10.2 Å². The standard InChI is InChI=1S/C16H18F3N3O/c1-22(2)9-5-8-20-15(23)12-10-21-13-7-4-3-6-11(13)14(12)16(17,18)19/h3-4,6-7,10H,5,8-9H2,1-2H3,(H,20,23). The summed E-state index contributed by atoms with van der Waals surface area (Å²) in [6.45, 7) is 1.05. The van der Waals surface area contributed by atoms with Crippen LogP contribution in [0, 0.1) is 0 Å². The maximum atomic E-state index is 13.4. The molecule has 2 aromatic rings. The summed E-state index contributed by atoms with van der Waals surface area (Å²) >= 11 is 0. The molecular weight excluding hydrogens is 307 g/mol. The van der Waals surface area contributed by atoms with Gasteiger partial charge in [-0.15, -0.1) is 0 Å². The van der Waals surface area contributed by atoms with E-state index in [0.717, 1.165) is 12.7 Å². The molecular formula is C16H18F3N3O. The molecule has 0 unspecified atom stereocenters. The number of hydrogen-bond acceptors (Lipinski definition) is 3. The van der Waals surface area contributed by atoms with Gasteiger partial charge in [0.25, 0.3) is 5.91 Å². The number of rotatable bonds is 5. The second-order valence-corrected chi connectivity index (χ2v) is 5.47. The largest absolute Gasteiger partial charge is 0.417 e. The van der Waals surface area contributed by atoms with E-state index in [1.165, 1.54) is 18.2 Å². The third-order valence-electron chi connectivity index (χ3n) is 3.37. The Morgan fingerprint density at radius 3 is 2.61 bits per heavy atom. The molecule has 1 N–H and O–H groups in total. The van der Waals surface area contributed by atoms with Crippen LogP contribution in [-0.4, -0.2) is 43.0 Å². The molecule has 0 atom stereocenters. The third-order valence-corrected chi connectivity index (χ3v) is 3.37. The number of pyridine rings is 1. The number of hydrogen-bond donors (Lipinski definition) is 1. The van der Waals surface area contributed by atoms with Crippen molar-refractivity contribution in [2.45, 2.75) is 12.6 Å². The predicted octanol–water partition coefficient (Wildman–Crippen LogP) is 2.94. The van der Waals surface area contributed by atoms with E-state index in [9.17, 15) is 18.0 Å². The summed E-state index contributed by atoms with van der Waals surface area (Å²) in [6, 6.07) is 5.92. The van der Waals surface area contributed by atoms with Gasteiger partial charge in [-0.05, 0) is 33.1 Å². The van der Waals surface area contributed by atoms with Crippen LogP contribution >= 0.6 is 0 Å². The summed E-state index contributed by atoms with van der Waals surface area (Å²) in [6.07, 6.45) is -2.98. The molecule has 0 radical (unpaired) electrons. The van der Waals surface area contributed by atoms with E-state index in [4.69, 9.17) is 0 Å². The molecule has 1 heterocycles. The zero-order valence-electron chi connectivity index (χ0n) is 12.9. The third kappa shape index (κ3) is 4.19. The highest BCUT2D eigenvalue weighted by atomic mass is 19.4. The van der Waals surface area contributed by atoms with Crippen molar-refractivity contribution in [3.05, 3.63) is 41.6 Å². The molecule has 124 valence electrons. The highest BCUT2D eigenvalue weighted by Crippen LogP contribution is 2.36. The minimum Gasteiger partial charge on any atom is -0.352 e. The van der Waals surface area contributed by atoms with Gasteiger partial charge in [-0.2, -0.15) is 13.2 Å². The first-order valence-electron chi connectivity index (χ1n) is 7.18. The van der Waals surface area contributed by atoms with E-state index in [0.29, 0.717) is 13.0 Å². The Morgan fingerprint density at radius 2 is 1.96 bits per heavy atom. The zero-order chi connectivity index (χ0) is 17.0. The molecule has 4 nitrogen and oxygen atoms in total. The quantitative estimate of drug-likeness (QED) is 0.860. The topological polar surface area (TPSA) is 45.2 Å². The predicted molar refractivity (Wildman–Crippen MR) is 82.2 cm³/mol. The summed E-state index contributed by atoms with van der Waals surface area (Å²) < 4.78 is 40.3. The normalized spacial score (nSPS) is 11.9. The molecule has 0 saturated heterocycles. The van der Waals surface area contributed by atoms with Crippen molar-refractivity contribution < 1.29 is 18.0 Å². The van der Waals surface area contributed by atoms with Gasteiger partial charge in [0.05, 0.1) is 16.6 Å². The number of para-hydroxylation sites is 1. The van der Waals surface area contributed by atoms with Gasteiger partial charge in [0, 0.05) is 18.1 Å². The first-order chi connectivity index (χ1) is 10.8. The highest BCUT2D eigenvalue weighted by Gasteiger charge is 2.37. The molecule has 0 aliphatic carbocycles. The minimum absolute atomic E-state index is 0.0686. The minimum atomic E-state index is -4.63. The number of aromatic nitrogens is 1. The molecule has 0 bridgehead atoms. The van der Waals surface area contributed by atoms with Crippen molar-refractivity contribution in [1.29, 1.82) is 0 Å². The summed E-state index contributed by atoms with van der Waals surface area (Å²) in [7, 11) is 3.77. The van der Waals surface area contributed by atoms with Gasteiger partial charge in [-0.25, -0.2) is 0 Å². The van der Waals surface area contributed by atoms with E-state index >= 15 is 0 Å². The molecule has 7 heteroatoms. The average Bonchev–Trinajstić information content (AvgIpc) is 2.49. The SMILES string of the molecule is CN(C)CCCNC(=O)c1cnc2ccccc2c1C(F)(F)F. The van der Waals surface area contributed by atoms with E-state index in [1.807, 2.05) is 19.0 Å². The Hall–Kier alpha value is -2.15. The van der Waals surface area contributed by atoms with Crippen molar-refractivity contribution in [1.82, 2.24) is 15.2 Å². The molecule has 0 spiro atoms. The molecule has 0 aliphatic rings. The first kappa shape index (κ1) is 17.2. The molecule has 1 aromatic heterocycles. The summed E-state index contributed by atoms with van der Waals surface area (Å²) in [5.74, 6) is -0.755. The Labute approximate surface area is 132 Å². The van der Waals surface area contributed by atoms with Gasteiger partial charge in [-0.1, -0.05) is 18.2 Å². The van der Waals surface area contributed by atoms with Crippen molar-refractivity contribution >= 4 is 16.8 Å². The van der Waals surface area contributed by atoms with Crippen LogP contribution in [0.25, 0.3) is 10.9 Å². The second-order valence-electron chi connectivity index (χ2n) is 5.47. The number of carbonyl (C=O) groups is 1. The van der Waals surface area contributed by atoms with Crippen molar-refractivity contribution in [3.63, 3.8) is 0 Å². The van der Waals surface area contributed by atoms with Crippen LogP contribution in [-0.2, 0) is 6.18 Å². The number of amides is 1. The fraction of sp³-hybridized carbons (Fsp3) is 0.375. The highest BCUT2D eigenvalue weighted by molar-refractivity contribution is 6.00. The van der Waals surface area contributed by atoms with E-state index in [1.54, 1.807) is 6.07 Å². The maximum Gasteiger partial charge on any atom is 0.417 e. The smallest absolute Gasteiger partial charge is 0.352 e. The van der Waals surface area contributed by atoms with Crippen LogP contribution < -0.4 is 5.32 Å². The molecule has 1 aromatic carbocycles. The van der Waals surface area contributed by atoms with Crippen LogP contribution in [0.5, 0.6) is 0 Å². The number of benzene rings is 1. The molecule has 0 saturated carbocycles. The van der Waals surface area contributed by atoms with E-state index in [2.05, 4.69) is 10.3 Å². The van der Waals surface area contributed by atoms with Gasteiger partial charge >= 0.3 is 6.18 Å². The van der Waals surface area contributed by atoms with Gasteiger partial charge in [0.2, 0.25) is 0 Å². The van der Waals surface area contributed by atoms with Crippen LogP contribution in [0.1, 0.15) is 22.3 Å². The lowest BCUT2D eigenvalue weighted by atomic mass is 10.0. The molecule has 0 fully saturated rings. The lowest BCUT2D eigenvalue weighted by Gasteiger charge is -2.15. The summed E-state index contributed by atoms with van der Waals surface area (Å²) in [4.78, 5) is 18.0. The van der Waals surface area contributed by atoms with Gasteiger partial charge in [0.1, 0.15) is 0 Å². The lowest BCUT2D eigenvalue weighted by Crippen LogP contribution is -2.29. The average molecular weight is 325 g/mol. The van der Waals surface area contributed by atoms with Gasteiger partial charge in [-0.3, -0.25) is 9.78 Å². The van der Waals surface area contributed by atoms with Crippen molar-refractivity contribution in [2.75, 3.05) is 27.2 Å². The number of nitrogens with one attached hydrogen (secondary N) is 1. The fourth-order valence-electron chi connectivity index (χ4n) is 2.31. The van der Waals surface area contributed by atoms with E-state index < -0.39 is 23.2 Å². The number of halogens is 3. The maximum absolute atomic E-state index is 13.4. The van der Waals surface area contributed by atoms with Gasteiger partial charge in [0.15, 0.2) is 0 Å². The molecule has 23 heavy (non-hydrogen) atoms. The van der Waals surface area contributed by atoms with E-state index in [-0.39, 0.29) is 10.9 Å². The summed E-state index contributed by atoms with van der Waals surface area (Å²) in [5.41, 5.74) is -1.17. The fourth-order valence-corrected chi connectivity index (χ4v) is 2.31. The Morgan fingerprint density at radius 1 is 1.26 bits per heavy atom. The summed E-state index contributed by atoms with van der Waals surface area (Å²) in [5, 5.41) is 2.46. The second kappa shape index (κ2) is 6.95. The monoisotopic (exact) mass is 325 g/mol. The molecule has 1 amide bonds. The number of nitrogens with zero attached hydrogens (tertiary/aromatic N) is 2. The Kier molecular flexibility index (Phi) is 5.20. The van der Waals surface area contributed by atoms with Crippen LogP contribution in [0.3, 0.4) is 0 Å². The van der Waals surface area contributed by atoms with Crippen molar-refractivity contribution in [2.24, 2.45) is 0 Å². The van der Waals surface area contributed by atoms with Crippen molar-refractivity contribution in [3.8, 4) is 0 Å². The lowest BCUT2D eigenvalue weighted by molar-refractivity contribution is -0.136. The van der Waals surface area contributed by atoms with Crippen LogP contribution in [0.2, 0.25) is 0 Å². The number of carbonyl (C=O) groups excluding carboxylic acids is 1. The first-order valence-corrected chi connectivity index (χ1v) is 7.18. The van der Waals surface area contributed by atoms with Crippen LogP contribution in [0.4, 0.5) is 13.2 Å². The molecule has 2 rings (SSSR count). The van der Waals surface area contributed by atoms with Crippen LogP contribution in [0.15, 0.2) is 30.5 Å². The Balaban J connectivity index is 2.31. The zero-order valence-corrected chi connectivity index (χ0v) is 12.9.